The molecule has 4 aromatic rings. The second kappa shape index (κ2) is 14.6. The molecule has 8 rings (SSSR count). The van der Waals surface area contributed by atoms with Crippen LogP contribution in [0.1, 0.15) is 79.3 Å². The van der Waals surface area contributed by atoms with Gasteiger partial charge in [0.2, 0.25) is 27.7 Å². The maximum atomic E-state index is 14.7. The molecule has 2 saturated carbocycles. The number of hydrogen-bond donors (Lipinski definition) is 3. The van der Waals surface area contributed by atoms with Gasteiger partial charge in [0.25, 0.3) is 11.8 Å². The lowest BCUT2D eigenvalue weighted by molar-refractivity contribution is -0.141. The van der Waals surface area contributed by atoms with Crippen LogP contribution in [0.2, 0.25) is 0 Å². The van der Waals surface area contributed by atoms with Crippen molar-refractivity contribution in [1.82, 2.24) is 25.2 Å². The zero-order valence-electron chi connectivity index (χ0n) is 31.2. The molecule has 2 aromatic heterocycles. The molecule has 12 nitrogen and oxygen atoms in total. The minimum Gasteiger partial charge on any atom is -0.472 e. The number of halogens is 1. The molecule has 0 spiro atoms. The van der Waals surface area contributed by atoms with Crippen LogP contribution in [-0.4, -0.2) is 76.9 Å². The summed E-state index contributed by atoms with van der Waals surface area (Å²) >= 11 is 1.32. The van der Waals surface area contributed by atoms with Gasteiger partial charge in [0.15, 0.2) is 0 Å². The van der Waals surface area contributed by atoms with Crippen molar-refractivity contribution in [2.24, 2.45) is 5.92 Å². The van der Waals surface area contributed by atoms with E-state index in [9.17, 15) is 32.0 Å². The van der Waals surface area contributed by atoms with Gasteiger partial charge in [-0.15, -0.1) is 11.3 Å². The number of pyridine rings is 1. The van der Waals surface area contributed by atoms with Gasteiger partial charge < -0.3 is 20.3 Å². The Hall–Kier alpha value is -4.89. The zero-order valence-corrected chi connectivity index (χ0v) is 32.8. The highest BCUT2D eigenvalue weighted by Gasteiger charge is 2.63. The molecule has 3 fully saturated rings. The summed E-state index contributed by atoms with van der Waals surface area (Å²) in [6.07, 6.45) is 7.32. The Kier molecular flexibility index (Phi) is 9.88. The summed E-state index contributed by atoms with van der Waals surface area (Å²) in [6, 6.07) is 13.2. The third kappa shape index (κ3) is 7.26. The fraction of sp³-hybridized carbons (Fsp3) is 0.439. The molecule has 2 aromatic carbocycles. The molecule has 294 valence electrons. The van der Waals surface area contributed by atoms with Crippen molar-refractivity contribution in [3.05, 3.63) is 82.3 Å². The lowest BCUT2D eigenvalue weighted by Gasteiger charge is -2.30. The van der Waals surface area contributed by atoms with Gasteiger partial charge in [-0.3, -0.25) is 23.9 Å². The molecule has 5 atom stereocenters. The van der Waals surface area contributed by atoms with Crippen LogP contribution in [0, 0.1) is 18.7 Å². The molecular formula is C41H44FN5O7S2. The zero-order chi connectivity index (χ0) is 39.4. The summed E-state index contributed by atoms with van der Waals surface area (Å²) in [5.74, 6) is -3.02. The number of nitrogens with one attached hydrogen (secondary N) is 3. The molecule has 2 aliphatic heterocycles. The van der Waals surface area contributed by atoms with E-state index in [1.807, 2.05) is 49.4 Å². The Morgan fingerprint density at radius 3 is 2.57 bits per heavy atom. The number of amides is 4. The number of carbonyl (C=O) groups is 4. The summed E-state index contributed by atoms with van der Waals surface area (Å²) in [7, 11) is -4.01. The molecule has 0 bridgehead atoms. The highest BCUT2D eigenvalue weighted by Crippen LogP contribution is 2.47. The van der Waals surface area contributed by atoms with Crippen LogP contribution < -0.4 is 20.1 Å². The second-order valence-electron chi connectivity index (χ2n) is 15.8. The Balaban J connectivity index is 1.13. The maximum Gasteiger partial charge on any atom is 0.262 e. The van der Waals surface area contributed by atoms with Crippen molar-refractivity contribution in [1.29, 1.82) is 0 Å². The number of nitrogens with zero attached hydrogens (tertiary/aromatic N) is 2. The van der Waals surface area contributed by atoms with Crippen molar-refractivity contribution in [3.63, 3.8) is 0 Å². The first-order chi connectivity index (χ1) is 26.8. The predicted molar refractivity (Wildman–Crippen MR) is 210 cm³/mol. The summed E-state index contributed by atoms with van der Waals surface area (Å²) in [4.78, 5) is 64.0. The lowest BCUT2D eigenvalue weighted by atomic mass is 10.0. The Morgan fingerprint density at radius 2 is 1.82 bits per heavy atom. The maximum absolute atomic E-state index is 14.7. The molecule has 2 aliphatic carbocycles. The van der Waals surface area contributed by atoms with E-state index in [-0.39, 0.29) is 25.3 Å². The van der Waals surface area contributed by atoms with E-state index >= 15 is 0 Å². The standard InChI is InChI=1S/C41H44FN5O7S2/c1-24-14-17-34(55-24)36(49)43-31-13-7-5-3-4-6-10-25-22-41(25,39(51)46-56(52,53)40(2)18-19-40)45-35(48)33-21-27(23-47(33)38(31)50)54-37-30-12-9-8-11-28(30)29-16-15-26(42)20-32(29)44-37/h6,8-12,14-17,20,25,27,31,33H,3-5,7,13,18-19,21-23H2,1-2H3,(H,43,49)(H,45,48)(H,46,51)/b10-6-/t25-,27-,31+,33+,41-/m1/s1. The van der Waals surface area contributed by atoms with Crippen molar-refractivity contribution >= 4 is 66.7 Å². The van der Waals surface area contributed by atoms with Crippen LogP contribution in [0.4, 0.5) is 4.39 Å². The molecule has 0 unspecified atom stereocenters. The van der Waals surface area contributed by atoms with Crippen LogP contribution in [-0.2, 0) is 24.4 Å². The number of fused-ring (bicyclic) bond motifs is 5. The van der Waals surface area contributed by atoms with E-state index in [0.29, 0.717) is 47.9 Å². The van der Waals surface area contributed by atoms with Gasteiger partial charge in [-0.2, -0.15) is 0 Å². The molecule has 4 aliphatic rings. The molecule has 4 heterocycles. The van der Waals surface area contributed by atoms with Crippen molar-refractivity contribution in [3.8, 4) is 5.88 Å². The summed E-state index contributed by atoms with van der Waals surface area (Å²) < 4.78 is 48.5. The van der Waals surface area contributed by atoms with Crippen LogP contribution in [0.15, 0.2) is 66.7 Å². The monoisotopic (exact) mass is 801 g/mol. The van der Waals surface area contributed by atoms with E-state index in [4.69, 9.17) is 4.74 Å². The van der Waals surface area contributed by atoms with Gasteiger partial charge in [-0.1, -0.05) is 43.2 Å². The van der Waals surface area contributed by atoms with Crippen LogP contribution in [0.25, 0.3) is 21.7 Å². The number of sulfonamides is 1. The molecule has 3 N–H and O–H groups in total. The number of thiophene rings is 1. The smallest absolute Gasteiger partial charge is 0.262 e. The van der Waals surface area contributed by atoms with E-state index in [1.54, 1.807) is 19.1 Å². The number of aryl methyl sites for hydroxylation is 1. The third-order valence-corrected chi connectivity index (χ3v) is 14.8. The normalized spacial score (nSPS) is 26.9. The van der Waals surface area contributed by atoms with Gasteiger partial charge in [0.05, 0.1) is 21.7 Å². The fourth-order valence-corrected chi connectivity index (χ4v) is 9.96. The van der Waals surface area contributed by atoms with Gasteiger partial charge in [-0.25, -0.2) is 17.8 Å². The van der Waals surface area contributed by atoms with E-state index in [2.05, 4.69) is 20.3 Å². The highest BCUT2D eigenvalue weighted by molar-refractivity contribution is 7.91. The number of carbonyl (C=O) groups excluding carboxylic acids is 4. The van der Waals surface area contributed by atoms with Gasteiger partial charge >= 0.3 is 0 Å². The van der Waals surface area contributed by atoms with Crippen LogP contribution in [0.3, 0.4) is 0 Å². The first-order valence-corrected chi connectivity index (χ1v) is 21.4. The van der Waals surface area contributed by atoms with Crippen molar-refractivity contribution in [2.45, 2.75) is 100 Å². The SMILES string of the molecule is Cc1ccc(C(=O)N[C@H]2CCCCC/C=C\[C@@H]3C[C@@]3(C(=O)NS(=O)(=O)C3(C)CC3)NC(=O)[C@@H]3C[C@@H](Oc4nc5cc(F)ccc5c5ccccc45)CN3C2=O)s1. The second-order valence-corrected chi connectivity index (χ2v) is 19.2. The quantitative estimate of drug-likeness (QED) is 0.165. The Labute approximate surface area is 328 Å². The number of rotatable bonds is 7. The van der Waals surface area contributed by atoms with Gasteiger partial charge in [-0.05, 0) is 88.1 Å². The average Bonchev–Trinajstić information content (AvgIpc) is 3.97. The minimum absolute atomic E-state index is 0.00806. The largest absolute Gasteiger partial charge is 0.472 e. The Morgan fingerprint density at radius 1 is 1.04 bits per heavy atom. The topological polar surface area (TPSA) is 164 Å². The Bertz CT molecular complexity index is 2400. The number of hydrogen-bond acceptors (Lipinski definition) is 9. The molecule has 15 heteroatoms. The molecule has 4 amide bonds. The number of allylic oxidation sites excluding steroid dienone is 1. The minimum atomic E-state index is -4.01. The third-order valence-electron chi connectivity index (χ3n) is 11.7. The van der Waals surface area contributed by atoms with E-state index in [1.165, 1.54) is 28.4 Å². The van der Waals surface area contributed by atoms with Crippen molar-refractivity contribution in [2.75, 3.05) is 6.54 Å². The first-order valence-electron chi connectivity index (χ1n) is 19.1. The first kappa shape index (κ1) is 38.0. The predicted octanol–water partition coefficient (Wildman–Crippen LogP) is 5.44. The summed E-state index contributed by atoms with van der Waals surface area (Å²) in [6.45, 7) is 3.43. The highest BCUT2D eigenvalue weighted by atomic mass is 32.2. The van der Waals surface area contributed by atoms with E-state index in [0.717, 1.165) is 28.5 Å². The number of ether oxygens (including phenoxy) is 1. The summed E-state index contributed by atoms with van der Waals surface area (Å²) in [5.41, 5.74) is -1.16. The van der Waals surface area contributed by atoms with Crippen LogP contribution >= 0.6 is 11.3 Å². The van der Waals surface area contributed by atoms with E-state index < -0.39 is 73.9 Å². The fourth-order valence-electron chi connectivity index (χ4n) is 7.88. The molecular weight excluding hydrogens is 758 g/mol. The average molecular weight is 802 g/mol. The molecule has 0 radical (unpaired) electrons. The molecule has 56 heavy (non-hydrogen) atoms. The summed E-state index contributed by atoms with van der Waals surface area (Å²) in [5, 5.41) is 8.01. The van der Waals surface area contributed by atoms with Gasteiger partial charge in [0.1, 0.15) is 29.5 Å². The van der Waals surface area contributed by atoms with Crippen molar-refractivity contribution < 1.29 is 36.7 Å². The van der Waals surface area contributed by atoms with Gasteiger partial charge in [0, 0.05) is 34.1 Å². The van der Waals surface area contributed by atoms with Crippen LogP contribution in [0.5, 0.6) is 5.88 Å². The number of aromatic nitrogens is 1. The lowest BCUT2D eigenvalue weighted by Crippen LogP contribution is -2.58. The molecule has 1 saturated heterocycles. The number of benzene rings is 2.